The third-order valence-corrected chi connectivity index (χ3v) is 2.46. The number of nitrogens with two attached hydrogens (primary N) is 1. The first kappa shape index (κ1) is 13.9. The molecule has 1 heterocycles. The van der Waals surface area contributed by atoms with Gasteiger partial charge < -0.3 is 11.1 Å². The summed E-state index contributed by atoms with van der Waals surface area (Å²) in [7, 11) is 1.77. The van der Waals surface area contributed by atoms with E-state index in [0.717, 1.165) is 18.2 Å². The van der Waals surface area contributed by atoms with Crippen LogP contribution in [0.2, 0.25) is 0 Å². The number of halogens is 2. The molecule has 0 aliphatic heterocycles. The summed E-state index contributed by atoms with van der Waals surface area (Å²) in [6.45, 7) is 0.347. The second-order valence-corrected chi connectivity index (χ2v) is 4.10. The lowest BCUT2D eigenvalue weighted by molar-refractivity contribution is 0.604. The van der Waals surface area contributed by atoms with E-state index in [-0.39, 0.29) is 11.6 Å². The first-order valence-electron chi connectivity index (χ1n) is 5.91. The van der Waals surface area contributed by atoms with Crippen molar-refractivity contribution in [2.75, 3.05) is 11.9 Å². The number of hydrogen-bond donors (Lipinski definition) is 2. The fourth-order valence-corrected chi connectivity index (χ4v) is 1.55. The van der Waals surface area contributed by atoms with Gasteiger partial charge in [0.2, 0.25) is 0 Å². The second kappa shape index (κ2) is 6.09. The average Bonchev–Trinajstić information content (AvgIpc) is 2.80. The topological polar surface area (TPSA) is 81.1 Å². The molecule has 2 aromatic rings. The van der Waals surface area contributed by atoms with Crippen molar-refractivity contribution in [1.29, 1.82) is 0 Å². The second-order valence-electron chi connectivity index (χ2n) is 4.10. The predicted molar refractivity (Wildman–Crippen MR) is 71.2 cm³/mol. The van der Waals surface area contributed by atoms with E-state index in [1.165, 1.54) is 0 Å². The Hall–Kier alpha value is -2.51. The summed E-state index contributed by atoms with van der Waals surface area (Å²) in [5.41, 5.74) is 5.54. The van der Waals surface area contributed by atoms with E-state index in [1.807, 2.05) is 0 Å². The Balaban J connectivity index is 1.92. The highest BCUT2D eigenvalue weighted by Crippen LogP contribution is 2.14. The Morgan fingerprint density at radius 2 is 2.25 bits per heavy atom. The minimum Gasteiger partial charge on any atom is -0.370 e. The number of nitrogens with zero attached hydrogens (tertiary/aromatic N) is 4. The zero-order chi connectivity index (χ0) is 14.5. The monoisotopic (exact) mass is 280 g/mol. The minimum atomic E-state index is -0.601. The molecular weight excluding hydrogens is 266 g/mol. The number of aliphatic imine (C=N–C) groups is 1. The summed E-state index contributed by atoms with van der Waals surface area (Å²) in [6, 6.07) is 3.06. The average molecular weight is 280 g/mol. The molecule has 106 valence electrons. The molecule has 0 bridgehead atoms. The SMILES string of the molecule is Cn1cnc(CCN=C(N)Nc2cc(F)ccc2F)n1. The molecule has 0 unspecified atom stereocenters. The molecule has 0 amide bonds. The van der Waals surface area contributed by atoms with Crippen LogP contribution in [0, 0.1) is 11.6 Å². The number of rotatable bonds is 4. The fourth-order valence-electron chi connectivity index (χ4n) is 1.55. The highest BCUT2D eigenvalue weighted by atomic mass is 19.1. The third-order valence-electron chi connectivity index (χ3n) is 2.46. The number of aryl methyl sites for hydroxylation is 1. The Bertz CT molecular complexity index is 622. The molecule has 0 aliphatic rings. The zero-order valence-corrected chi connectivity index (χ0v) is 10.8. The number of benzene rings is 1. The quantitative estimate of drug-likeness (QED) is 0.648. The van der Waals surface area contributed by atoms with Crippen molar-refractivity contribution in [2.45, 2.75) is 6.42 Å². The van der Waals surface area contributed by atoms with Crippen molar-refractivity contribution >= 4 is 11.6 Å². The van der Waals surface area contributed by atoms with Gasteiger partial charge in [0, 0.05) is 26.1 Å². The molecule has 0 spiro atoms. The van der Waals surface area contributed by atoms with Crippen molar-refractivity contribution < 1.29 is 8.78 Å². The summed E-state index contributed by atoms with van der Waals surface area (Å²) in [5, 5.41) is 6.59. The van der Waals surface area contributed by atoms with Crippen LogP contribution in [0.3, 0.4) is 0 Å². The Morgan fingerprint density at radius 3 is 2.95 bits per heavy atom. The standard InChI is InChI=1S/C12H14F2N6/c1-20-7-17-11(19-20)4-5-16-12(15)18-10-6-8(13)2-3-9(10)14/h2-3,6-7H,4-5H2,1H3,(H3,15,16,18). The van der Waals surface area contributed by atoms with Crippen molar-refractivity contribution in [1.82, 2.24) is 14.8 Å². The predicted octanol–water partition coefficient (Wildman–Crippen LogP) is 1.06. The molecule has 0 radical (unpaired) electrons. The van der Waals surface area contributed by atoms with Gasteiger partial charge in [0.05, 0.1) is 5.69 Å². The van der Waals surface area contributed by atoms with Crippen molar-refractivity contribution in [3.8, 4) is 0 Å². The maximum atomic E-state index is 13.4. The molecule has 0 fully saturated rings. The van der Waals surface area contributed by atoms with Crippen LogP contribution in [-0.2, 0) is 13.5 Å². The Labute approximate surface area is 114 Å². The van der Waals surface area contributed by atoms with Gasteiger partial charge in [0.25, 0.3) is 0 Å². The van der Waals surface area contributed by atoms with Gasteiger partial charge in [-0.05, 0) is 12.1 Å². The van der Waals surface area contributed by atoms with Gasteiger partial charge in [-0.3, -0.25) is 9.67 Å². The number of hydrogen-bond acceptors (Lipinski definition) is 3. The largest absolute Gasteiger partial charge is 0.370 e. The fraction of sp³-hybridized carbons (Fsp3) is 0.250. The van der Waals surface area contributed by atoms with Gasteiger partial charge in [-0.15, -0.1) is 0 Å². The molecule has 3 N–H and O–H groups in total. The van der Waals surface area contributed by atoms with Gasteiger partial charge in [0.1, 0.15) is 18.0 Å². The van der Waals surface area contributed by atoms with E-state index in [9.17, 15) is 8.78 Å². The lowest BCUT2D eigenvalue weighted by Gasteiger charge is -2.06. The molecule has 20 heavy (non-hydrogen) atoms. The van der Waals surface area contributed by atoms with Crippen molar-refractivity contribution in [3.63, 3.8) is 0 Å². The van der Waals surface area contributed by atoms with Crippen LogP contribution in [0.4, 0.5) is 14.5 Å². The molecule has 1 aromatic heterocycles. The maximum absolute atomic E-state index is 13.4. The number of nitrogens with one attached hydrogen (secondary N) is 1. The van der Waals surface area contributed by atoms with Crippen LogP contribution >= 0.6 is 0 Å². The van der Waals surface area contributed by atoms with E-state index in [0.29, 0.717) is 18.8 Å². The van der Waals surface area contributed by atoms with E-state index in [1.54, 1.807) is 18.1 Å². The van der Waals surface area contributed by atoms with Gasteiger partial charge in [-0.25, -0.2) is 13.8 Å². The maximum Gasteiger partial charge on any atom is 0.193 e. The molecule has 0 aliphatic carbocycles. The minimum absolute atomic E-state index is 0.00503. The highest BCUT2D eigenvalue weighted by molar-refractivity contribution is 5.92. The van der Waals surface area contributed by atoms with Crippen LogP contribution in [0.15, 0.2) is 29.5 Å². The smallest absolute Gasteiger partial charge is 0.193 e. The van der Waals surface area contributed by atoms with Crippen LogP contribution in [0.1, 0.15) is 5.82 Å². The van der Waals surface area contributed by atoms with E-state index < -0.39 is 11.6 Å². The van der Waals surface area contributed by atoms with Gasteiger partial charge in [-0.1, -0.05) is 0 Å². The Morgan fingerprint density at radius 1 is 1.45 bits per heavy atom. The molecule has 0 atom stereocenters. The van der Waals surface area contributed by atoms with E-state index >= 15 is 0 Å². The lowest BCUT2D eigenvalue weighted by Crippen LogP contribution is -2.23. The Kier molecular flexibility index (Phi) is 4.24. The van der Waals surface area contributed by atoms with Crippen LogP contribution in [0.5, 0.6) is 0 Å². The van der Waals surface area contributed by atoms with Crippen molar-refractivity contribution in [2.24, 2.45) is 17.8 Å². The van der Waals surface area contributed by atoms with Gasteiger partial charge in [0.15, 0.2) is 11.8 Å². The summed E-state index contributed by atoms with van der Waals surface area (Å²) in [5.74, 6) is -0.512. The summed E-state index contributed by atoms with van der Waals surface area (Å²) in [6.07, 6.45) is 2.09. The van der Waals surface area contributed by atoms with Crippen molar-refractivity contribution in [3.05, 3.63) is 42.0 Å². The van der Waals surface area contributed by atoms with Crippen LogP contribution in [0.25, 0.3) is 0 Å². The molecule has 8 heteroatoms. The molecular formula is C12H14F2N6. The summed E-state index contributed by atoms with van der Waals surface area (Å²) < 4.78 is 27.9. The summed E-state index contributed by atoms with van der Waals surface area (Å²) >= 11 is 0. The van der Waals surface area contributed by atoms with E-state index in [4.69, 9.17) is 5.73 Å². The normalized spacial score (nSPS) is 11.7. The first-order chi connectivity index (χ1) is 9.54. The van der Waals surface area contributed by atoms with Gasteiger partial charge >= 0.3 is 0 Å². The summed E-state index contributed by atoms with van der Waals surface area (Å²) in [4.78, 5) is 8.03. The van der Waals surface area contributed by atoms with E-state index in [2.05, 4.69) is 20.4 Å². The first-order valence-corrected chi connectivity index (χ1v) is 5.91. The third kappa shape index (κ3) is 3.74. The molecule has 6 nitrogen and oxygen atoms in total. The molecule has 1 aromatic carbocycles. The molecule has 2 rings (SSSR count). The van der Waals surface area contributed by atoms with Gasteiger partial charge in [-0.2, -0.15) is 5.10 Å². The number of guanidine groups is 1. The zero-order valence-electron chi connectivity index (χ0n) is 10.8. The molecule has 0 saturated carbocycles. The van der Waals surface area contributed by atoms with Crippen LogP contribution in [-0.4, -0.2) is 27.3 Å². The van der Waals surface area contributed by atoms with Crippen LogP contribution < -0.4 is 11.1 Å². The highest BCUT2D eigenvalue weighted by Gasteiger charge is 2.04. The lowest BCUT2D eigenvalue weighted by atomic mass is 10.3. The molecule has 0 saturated heterocycles. The number of aromatic nitrogens is 3. The number of anilines is 1.